The Hall–Kier alpha value is -2.64. The van der Waals surface area contributed by atoms with Crippen molar-refractivity contribution in [2.45, 2.75) is 22.6 Å². The zero-order chi connectivity index (χ0) is 30.3. The number of aromatic amines is 1. The van der Waals surface area contributed by atoms with Crippen molar-refractivity contribution in [1.82, 2.24) is 9.88 Å². The minimum absolute atomic E-state index is 0.0117. The molecular formula is C31H27BrClN3O6S2. The summed E-state index contributed by atoms with van der Waals surface area (Å²) in [4.78, 5) is 60.5. The molecule has 2 saturated carbocycles. The van der Waals surface area contributed by atoms with Gasteiger partial charge >= 0.3 is 4.87 Å². The van der Waals surface area contributed by atoms with E-state index in [0.717, 1.165) is 26.4 Å². The molecule has 8 rings (SSSR count). The molecular weight excluding hydrogens is 690 g/mol. The Bertz CT molecular complexity index is 1740. The van der Waals surface area contributed by atoms with E-state index in [-0.39, 0.29) is 58.1 Å². The number of nitrogens with zero attached hydrogens (tertiary/aromatic N) is 2. The van der Waals surface area contributed by atoms with Crippen LogP contribution in [-0.2, 0) is 19.1 Å². The number of benzene rings is 2. The third kappa shape index (κ3) is 4.51. The van der Waals surface area contributed by atoms with Gasteiger partial charge in [0.25, 0.3) is 5.91 Å². The molecule has 5 aliphatic rings. The molecule has 228 valence electrons. The molecule has 0 radical (unpaired) electrons. The molecule has 2 bridgehead atoms. The standard InChI is InChI=1S/C31H27BrClN3O6S2/c32-14-1-4-16(5-2-14)36-29(38)24-18-12-19(25(24)30(36)39)26-23(18)22(27-28(43-26)34-31(40)44-27)17-11-15(33)3-6-20(17)42-13-21(37)35-7-9-41-10-8-35/h1-6,11,18-19,22-26H,7-10,12-13H2,(H,34,40)/t18-,19-,22-,23?,24?,25?,26?/m1/s1. The minimum Gasteiger partial charge on any atom is -0.483 e. The number of anilines is 1. The van der Waals surface area contributed by atoms with Crippen molar-refractivity contribution in [2.24, 2.45) is 29.6 Å². The maximum absolute atomic E-state index is 14.0. The molecule has 4 fully saturated rings. The first-order valence-corrected chi connectivity index (χ1v) is 17.5. The molecule has 13 heteroatoms. The normalized spacial score (nSPS) is 30.4. The van der Waals surface area contributed by atoms with Gasteiger partial charge in [-0.2, -0.15) is 0 Å². The number of thioether (sulfide) groups is 1. The van der Waals surface area contributed by atoms with Crippen molar-refractivity contribution in [1.29, 1.82) is 0 Å². The Labute approximate surface area is 274 Å². The molecule has 2 aromatic carbocycles. The molecule has 2 aliphatic carbocycles. The van der Waals surface area contributed by atoms with Gasteiger partial charge in [0, 0.05) is 44.2 Å². The van der Waals surface area contributed by atoms with Crippen LogP contribution in [0.15, 0.2) is 56.8 Å². The Morgan fingerprint density at radius 2 is 1.77 bits per heavy atom. The van der Waals surface area contributed by atoms with E-state index in [1.54, 1.807) is 40.9 Å². The van der Waals surface area contributed by atoms with E-state index in [1.807, 2.05) is 18.2 Å². The summed E-state index contributed by atoms with van der Waals surface area (Å²) in [6.45, 7) is 1.92. The topological polar surface area (TPSA) is 109 Å². The van der Waals surface area contributed by atoms with E-state index in [9.17, 15) is 19.2 Å². The second kappa shape index (κ2) is 11.0. The van der Waals surface area contributed by atoms with Gasteiger partial charge in [0.05, 0.1) is 35.8 Å². The molecule has 3 amide bonds. The number of morpholine rings is 1. The first kappa shape index (κ1) is 28.8. The second-order valence-corrected chi connectivity index (χ2v) is 15.5. The zero-order valence-corrected chi connectivity index (χ0v) is 27.2. The summed E-state index contributed by atoms with van der Waals surface area (Å²) in [5.74, 6) is -1.07. The van der Waals surface area contributed by atoms with Gasteiger partial charge in [-0.1, -0.05) is 38.9 Å². The molecule has 9 nitrogen and oxygen atoms in total. The number of carbonyl (C=O) groups is 3. The fourth-order valence-corrected chi connectivity index (χ4v) is 11.5. The third-order valence-electron chi connectivity index (χ3n) is 9.83. The average molecular weight is 717 g/mol. The highest BCUT2D eigenvalue weighted by molar-refractivity contribution is 9.10. The zero-order valence-electron chi connectivity index (χ0n) is 23.2. The van der Waals surface area contributed by atoms with Crippen LogP contribution in [0.2, 0.25) is 5.02 Å². The van der Waals surface area contributed by atoms with Crippen molar-refractivity contribution >= 4 is 74.0 Å². The number of thiazole rings is 1. The lowest BCUT2D eigenvalue weighted by molar-refractivity contribution is -0.137. The summed E-state index contributed by atoms with van der Waals surface area (Å²) in [7, 11) is 0. The van der Waals surface area contributed by atoms with Gasteiger partial charge in [-0.15, -0.1) is 11.8 Å². The van der Waals surface area contributed by atoms with Crippen LogP contribution in [0, 0.1) is 29.6 Å². The van der Waals surface area contributed by atoms with Crippen LogP contribution in [0.25, 0.3) is 0 Å². The fraction of sp³-hybridized carbons (Fsp3) is 0.419. The number of hydrogen-bond donors (Lipinski definition) is 1. The summed E-state index contributed by atoms with van der Waals surface area (Å²) in [5, 5.41) is 1.33. The lowest BCUT2D eigenvalue weighted by Gasteiger charge is -2.43. The summed E-state index contributed by atoms with van der Waals surface area (Å²) in [6, 6.07) is 12.6. The molecule has 3 aliphatic heterocycles. The first-order valence-electron chi connectivity index (χ1n) is 14.6. The Morgan fingerprint density at radius 1 is 1.05 bits per heavy atom. The molecule has 0 spiro atoms. The van der Waals surface area contributed by atoms with Gasteiger partial charge in [0.15, 0.2) is 6.61 Å². The number of imide groups is 1. The van der Waals surface area contributed by atoms with E-state index in [0.29, 0.717) is 42.8 Å². The quantitative estimate of drug-likeness (QED) is 0.379. The van der Waals surface area contributed by atoms with Crippen LogP contribution in [-0.4, -0.2) is 65.8 Å². The Morgan fingerprint density at radius 3 is 2.52 bits per heavy atom. The van der Waals surface area contributed by atoms with Gasteiger partial charge in [-0.25, -0.2) is 0 Å². The molecule has 4 heterocycles. The number of rotatable bonds is 5. The largest absolute Gasteiger partial charge is 0.483 e. The highest BCUT2D eigenvalue weighted by Gasteiger charge is 2.69. The van der Waals surface area contributed by atoms with E-state index < -0.39 is 11.8 Å². The predicted octanol–water partition coefficient (Wildman–Crippen LogP) is 4.77. The van der Waals surface area contributed by atoms with Crippen LogP contribution in [0.3, 0.4) is 0 Å². The molecule has 1 N–H and O–H groups in total. The predicted molar refractivity (Wildman–Crippen MR) is 169 cm³/mol. The van der Waals surface area contributed by atoms with Crippen LogP contribution in [0.1, 0.15) is 22.8 Å². The molecule has 44 heavy (non-hydrogen) atoms. The Balaban J connectivity index is 1.16. The smallest absolute Gasteiger partial charge is 0.305 e. The molecule has 3 aromatic rings. The summed E-state index contributed by atoms with van der Waals surface area (Å²) in [5.41, 5.74) is 1.38. The third-order valence-corrected chi connectivity index (χ3v) is 13.2. The SMILES string of the molecule is O=C(COc1ccc(Cl)cc1[C@H]1c2sc(=O)[nH]c2SC2C1[C@H]1C[C@@H]2C2C(=O)N(c3ccc(Br)cc3)C(=O)C21)N1CCOCC1. The van der Waals surface area contributed by atoms with Gasteiger partial charge in [0.1, 0.15) is 5.75 Å². The van der Waals surface area contributed by atoms with E-state index >= 15 is 0 Å². The summed E-state index contributed by atoms with van der Waals surface area (Å²) < 4.78 is 12.5. The van der Waals surface area contributed by atoms with Gasteiger partial charge in [-0.3, -0.25) is 24.1 Å². The van der Waals surface area contributed by atoms with Crippen molar-refractivity contribution in [2.75, 3.05) is 37.8 Å². The number of halogens is 2. The minimum atomic E-state index is -0.427. The fourth-order valence-electron chi connectivity index (χ4n) is 8.15. The van der Waals surface area contributed by atoms with E-state index in [1.165, 1.54) is 16.2 Å². The number of fused-ring (bicyclic) bond motifs is 9. The highest BCUT2D eigenvalue weighted by Crippen LogP contribution is 2.69. The van der Waals surface area contributed by atoms with Crippen molar-refractivity contribution in [3.8, 4) is 5.75 Å². The van der Waals surface area contributed by atoms with Crippen molar-refractivity contribution in [3.05, 3.63) is 72.1 Å². The molecule has 4 unspecified atom stereocenters. The monoisotopic (exact) mass is 715 g/mol. The molecule has 1 aromatic heterocycles. The van der Waals surface area contributed by atoms with E-state index in [2.05, 4.69) is 20.9 Å². The summed E-state index contributed by atoms with van der Waals surface area (Å²) >= 11 is 12.8. The number of H-pyrrole nitrogens is 1. The van der Waals surface area contributed by atoms with Gasteiger partial charge in [0.2, 0.25) is 11.8 Å². The van der Waals surface area contributed by atoms with Crippen LogP contribution in [0.5, 0.6) is 5.75 Å². The van der Waals surface area contributed by atoms with Crippen LogP contribution >= 0.6 is 50.6 Å². The second-order valence-electron chi connectivity index (χ2n) is 11.9. The maximum Gasteiger partial charge on any atom is 0.305 e. The maximum atomic E-state index is 14.0. The highest BCUT2D eigenvalue weighted by atomic mass is 79.9. The Kier molecular flexibility index (Phi) is 7.21. The summed E-state index contributed by atoms with van der Waals surface area (Å²) in [6.07, 6.45) is 0.769. The van der Waals surface area contributed by atoms with Crippen LogP contribution in [0.4, 0.5) is 5.69 Å². The van der Waals surface area contributed by atoms with Gasteiger partial charge in [-0.05, 0) is 66.6 Å². The first-order chi connectivity index (χ1) is 21.3. The number of hydrogen-bond acceptors (Lipinski definition) is 8. The average Bonchev–Trinajstić information content (AvgIpc) is 3.76. The number of carbonyl (C=O) groups excluding carboxylic acids is 3. The lowest BCUT2D eigenvalue weighted by Crippen LogP contribution is -2.43. The van der Waals surface area contributed by atoms with E-state index in [4.69, 9.17) is 21.1 Å². The van der Waals surface area contributed by atoms with Crippen LogP contribution < -0.4 is 14.5 Å². The number of aromatic nitrogens is 1. The number of ether oxygens (including phenoxy) is 2. The van der Waals surface area contributed by atoms with Crippen molar-refractivity contribution in [3.63, 3.8) is 0 Å². The van der Waals surface area contributed by atoms with Crippen molar-refractivity contribution < 1.29 is 23.9 Å². The number of nitrogens with one attached hydrogen (secondary N) is 1. The molecule has 2 saturated heterocycles. The molecule has 7 atom stereocenters. The number of amides is 3. The van der Waals surface area contributed by atoms with Gasteiger partial charge < -0.3 is 19.4 Å². The lowest BCUT2D eigenvalue weighted by atomic mass is 9.68.